The van der Waals surface area contributed by atoms with Crippen LogP contribution in [-0.4, -0.2) is 50.4 Å². The van der Waals surface area contributed by atoms with Crippen LogP contribution in [0.25, 0.3) is 10.9 Å². The summed E-state index contributed by atoms with van der Waals surface area (Å²) < 4.78 is 11.3. The van der Waals surface area contributed by atoms with Gasteiger partial charge in [0.15, 0.2) is 0 Å². The van der Waals surface area contributed by atoms with E-state index >= 15 is 0 Å². The molecule has 0 bridgehead atoms. The molecule has 0 aliphatic heterocycles. The Morgan fingerprint density at radius 3 is 2.57 bits per heavy atom. The van der Waals surface area contributed by atoms with Gasteiger partial charge in [0, 0.05) is 43.7 Å². The Balaban J connectivity index is 1.26. The molecule has 35 heavy (non-hydrogen) atoms. The molecule has 1 saturated carbocycles. The van der Waals surface area contributed by atoms with E-state index in [2.05, 4.69) is 40.7 Å². The van der Waals surface area contributed by atoms with Crippen LogP contribution in [0.15, 0.2) is 42.5 Å². The molecule has 0 spiro atoms. The summed E-state index contributed by atoms with van der Waals surface area (Å²) in [4.78, 5) is 11.6. The highest BCUT2D eigenvalue weighted by Gasteiger charge is 2.22. The summed E-state index contributed by atoms with van der Waals surface area (Å²) in [5.74, 6) is 4.11. The lowest BCUT2D eigenvalue weighted by Gasteiger charge is -2.29. The average Bonchev–Trinajstić information content (AvgIpc) is 2.88. The van der Waals surface area contributed by atoms with Crippen LogP contribution in [0.2, 0.25) is 0 Å². The molecule has 1 aromatic heterocycles. The number of aromatic nitrogens is 2. The third kappa shape index (κ3) is 6.54. The molecule has 7 heteroatoms. The topological polar surface area (TPSA) is 71.5 Å². The summed E-state index contributed by atoms with van der Waals surface area (Å²) in [6.07, 6.45) is 5.65. The van der Waals surface area contributed by atoms with Gasteiger partial charge in [-0.15, -0.1) is 0 Å². The fraction of sp³-hybridized carbons (Fsp3) is 0.500. The normalized spacial score (nSPS) is 17.8. The summed E-state index contributed by atoms with van der Waals surface area (Å²) in [7, 11) is 5.78. The number of hydrogen-bond acceptors (Lipinski definition) is 7. The molecule has 0 saturated heterocycles. The van der Waals surface area contributed by atoms with Crippen molar-refractivity contribution < 1.29 is 9.47 Å². The van der Waals surface area contributed by atoms with E-state index < -0.39 is 0 Å². The van der Waals surface area contributed by atoms with E-state index in [9.17, 15) is 0 Å². The number of benzene rings is 2. The maximum absolute atomic E-state index is 5.73. The second-order valence-electron chi connectivity index (χ2n) is 9.60. The molecule has 1 fully saturated rings. The third-order valence-corrected chi connectivity index (χ3v) is 6.67. The van der Waals surface area contributed by atoms with E-state index in [1.165, 1.54) is 12.8 Å². The van der Waals surface area contributed by atoms with E-state index in [-0.39, 0.29) is 0 Å². The van der Waals surface area contributed by atoms with E-state index in [0.29, 0.717) is 12.0 Å². The first-order chi connectivity index (χ1) is 17.1. The van der Waals surface area contributed by atoms with Gasteiger partial charge in [-0.1, -0.05) is 25.1 Å². The minimum atomic E-state index is 0.415. The van der Waals surface area contributed by atoms with Crippen molar-refractivity contribution in [3.8, 4) is 11.5 Å². The quantitative estimate of drug-likeness (QED) is 0.391. The van der Waals surface area contributed by atoms with Gasteiger partial charge < -0.3 is 25.0 Å². The molecule has 188 valence electrons. The van der Waals surface area contributed by atoms with Crippen LogP contribution < -0.4 is 25.0 Å². The van der Waals surface area contributed by atoms with Gasteiger partial charge in [0.25, 0.3) is 0 Å². The van der Waals surface area contributed by atoms with Gasteiger partial charge in [-0.25, -0.2) is 4.98 Å². The molecule has 1 aliphatic carbocycles. The fourth-order valence-electron chi connectivity index (χ4n) is 4.75. The van der Waals surface area contributed by atoms with Crippen molar-refractivity contribution in [2.75, 3.05) is 44.6 Å². The van der Waals surface area contributed by atoms with Crippen molar-refractivity contribution in [2.45, 2.75) is 51.6 Å². The number of fused-ring (bicyclic) bond motifs is 1. The highest BCUT2D eigenvalue weighted by Crippen LogP contribution is 2.29. The van der Waals surface area contributed by atoms with Crippen molar-refractivity contribution in [3.63, 3.8) is 0 Å². The lowest BCUT2D eigenvalue weighted by molar-refractivity contribution is 0.313. The third-order valence-electron chi connectivity index (χ3n) is 6.67. The molecule has 0 amide bonds. The molecule has 1 aliphatic rings. The average molecular weight is 478 g/mol. The van der Waals surface area contributed by atoms with E-state index in [4.69, 9.17) is 19.4 Å². The van der Waals surface area contributed by atoms with Gasteiger partial charge >= 0.3 is 0 Å². The standard InChI is InChI=1S/C28H39N5O2/c1-5-16-35-23-15-12-21(26(17-23)34-4)19-29-18-20-10-13-22(14-11-20)30-28-31-25-9-7-6-8-24(25)27(32-28)33(2)3/h6-9,12,15,17,20,22,29H,5,10-11,13-14,16,18-19H2,1-4H3,(H,30,31,32). The van der Waals surface area contributed by atoms with Crippen molar-refractivity contribution >= 4 is 22.7 Å². The highest BCUT2D eigenvalue weighted by molar-refractivity contribution is 5.90. The number of hydrogen-bond donors (Lipinski definition) is 2. The number of methoxy groups -OCH3 is 1. The Kier molecular flexibility index (Phi) is 8.64. The molecule has 3 aromatic rings. The first-order valence-electron chi connectivity index (χ1n) is 12.8. The number of para-hydroxylation sites is 1. The summed E-state index contributed by atoms with van der Waals surface area (Å²) >= 11 is 0. The van der Waals surface area contributed by atoms with Crippen molar-refractivity contribution in [1.29, 1.82) is 0 Å². The number of nitrogens with one attached hydrogen (secondary N) is 2. The van der Waals surface area contributed by atoms with Crippen molar-refractivity contribution in [2.24, 2.45) is 5.92 Å². The van der Waals surface area contributed by atoms with Gasteiger partial charge in [0.2, 0.25) is 5.95 Å². The largest absolute Gasteiger partial charge is 0.496 e. The SMILES string of the molecule is CCCOc1ccc(CNCC2CCC(Nc3nc(N(C)C)c4ccccc4n3)CC2)c(OC)c1. The highest BCUT2D eigenvalue weighted by atomic mass is 16.5. The monoisotopic (exact) mass is 477 g/mol. The van der Waals surface area contributed by atoms with Crippen LogP contribution >= 0.6 is 0 Å². The van der Waals surface area contributed by atoms with Gasteiger partial charge in [0.1, 0.15) is 17.3 Å². The zero-order valence-electron chi connectivity index (χ0n) is 21.5. The van der Waals surface area contributed by atoms with Crippen molar-refractivity contribution in [3.05, 3.63) is 48.0 Å². The number of anilines is 2. The maximum atomic E-state index is 5.73. The predicted molar refractivity (Wildman–Crippen MR) is 144 cm³/mol. The second-order valence-corrected chi connectivity index (χ2v) is 9.60. The lowest BCUT2D eigenvalue weighted by atomic mass is 9.86. The fourth-order valence-corrected chi connectivity index (χ4v) is 4.75. The van der Waals surface area contributed by atoms with Gasteiger partial charge in [0.05, 0.1) is 19.2 Å². The van der Waals surface area contributed by atoms with Crippen LogP contribution in [0, 0.1) is 5.92 Å². The first kappa shape index (κ1) is 25.0. The lowest BCUT2D eigenvalue weighted by Crippen LogP contribution is -2.31. The molecule has 2 N–H and O–H groups in total. The number of rotatable bonds is 11. The maximum Gasteiger partial charge on any atom is 0.225 e. The minimum Gasteiger partial charge on any atom is -0.496 e. The van der Waals surface area contributed by atoms with Gasteiger partial charge in [-0.3, -0.25) is 0 Å². The molecule has 7 nitrogen and oxygen atoms in total. The molecule has 1 heterocycles. The van der Waals surface area contributed by atoms with Crippen LogP contribution in [0.3, 0.4) is 0 Å². The number of nitrogens with zero attached hydrogens (tertiary/aromatic N) is 3. The molecule has 0 radical (unpaired) electrons. The smallest absolute Gasteiger partial charge is 0.225 e. The molecule has 4 rings (SSSR count). The van der Waals surface area contributed by atoms with E-state index in [1.54, 1.807) is 7.11 Å². The molecule has 0 unspecified atom stereocenters. The van der Waals surface area contributed by atoms with Crippen LogP contribution in [-0.2, 0) is 6.54 Å². The van der Waals surface area contributed by atoms with Gasteiger partial charge in [-0.05, 0) is 62.8 Å². The molecule has 2 aromatic carbocycles. The molecular formula is C28H39N5O2. The zero-order chi connectivity index (χ0) is 24.6. The molecular weight excluding hydrogens is 438 g/mol. The van der Waals surface area contributed by atoms with Crippen LogP contribution in [0.5, 0.6) is 11.5 Å². The second kappa shape index (κ2) is 12.1. The summed E-state index contributed by atoms with van der Waals surface area (Å²) in [6, 6.07) is 14.7. The summed E-state index contributed by atoms with van der Waals surface area (Å²) in [5.41, 5.74) is 2.14. The summed E-state index contributed by atoms with van der Waals surface area (Å²) in [5, 5.41) is 8.33. The van der Waals surface area contributed by atoms with Crippen LogP contribution in [0.4, 0.5) is 11.8 Å². The predicted octanol–water partition coefficient (Wildman–Crippen LogP) is 5.25. The Morgan fingerprint density at radius 2 is 1.83 bits per heavy atom. The Morgan fingerprint density at radius 1 is 1.03 bits per heavy atom. The van der Waals surface area contributed by atoms with E-state index in [1.807, 2.05) is 38.4 Å². The Bertz CT molecular complexity index is 1100. The first-order valence-corrected chi connectivity index (χ1v) is 12.8. The minimum absolute atomic E-state index is 0.415. The van der Waals surface area contributed by atoms with E-state index in [0.717, 1.165) is 78.7 Å². The van der Waals surface area contributed by atoms with Crippen LogP contribution in [0.1, 0.15) is 44.6 Å². The Labute approximate surface area is 209 Å². The molecule has 0 atom stereocenters. The zero-order valence-corrected chi connectivity index (χ0v) is 21.5. The van der Waals surface area contributed by atoms with Gasteiger partial charge in [-0.2, -0.15) is 4.98 Å². The van der Waals surface area contributed by atoms with Crippen molar-refractivity contribution in [1.82, 2.24) is 15.3 Å². The number of ether oxygens (including phenoxy) is 2. The Hall–Kier alpha value is -3.06. The summed E-state index contributed by atoms with van der Waals surface area (Å²) in [6.45, 7) is 4.65.